The maximum Gasteiger partial charge on any atom is 0.306 e. The van der Waals surface area contributed by atoms with Crippen molar-refractivity contribution in [3.8, 4) is 0 Å². The summed E-state index contributed by atoms with van der Waals surface area (Å²) >= 11 is 0. The lowest BCUT2D eigenvalue weighted by molar-refractivity contribution is -0.305. The third kappa shape index (κ3) is 54.4. The largest absolute Gasteiger partial charge is 0.454 e. The molecule has 8 atom stereocenters. The van der Waals surface area contributed by atoms with Crippen LogP contribution in [0.15, 0.2) is 48.6 Å². The third-order valence-electron chi connectivity index (χ3n) is 18.7. The van der Waals surface area contributed by atoms with Crippen molar-refractivity contribution >= 4 is 11.9 Å². The number of esters is 1. The molecular formula is C80H149NO10. The maximum atomic E-state index is 13.5. The van der Waals surface area contributed by atoms with Crippen LogP contribution in [0.2, 0.25) is 0 Å². The summed E-state index contributed by atoms with van der Waals surface area (Å²) in [4.78, 5) is 26.8. The van der Waals surface area contributed by atoms with Gasteiger partial charge in [0.25, 0.3) is 0 Å². The van der Waals surface area contributed by atoms with Gasteiger partial charge < -0.3 is 45.1 Å². The van der Waals surface area contributed by atoms with Crippen LogP contribution in [-0.2, 0) is 23.8 Å². The van der Waals surface area contributed by atoms with Crippen LogP contribution in [-0.4, -0.2) is 99.6 Å². The zero-order valence-corrected chi connectivity index (χ0v) is 59.7. The third-order valence-corrected chi connectivity index (χ3v) is 18.7. The molecule has 1 aliphatic heterocycles. The van der Waals surface area contributed by atoms with Gasteiger partial charge in [-0.05, 0) is 64.2 Å². The number of hydrogen-bond acceptors (Lipinski definition) is 10. The molecule has 0 aromatic rings. The molecule has 0 bridgehead atoms. The molecular weight excluding hydrogens is 1130 g/mol. The number of aliphatic hydroxyl groups is 5. The van der Waals surface area contributed by atoms with Crippen LogP contribution in [0.25, 0.3) is 0 Å². The van der Waals surface area contributed by atoms with E-state index in [4.69, 9.17) is 14.2 Å². The van der Waals surface area contributed by atoms with Crippen molar-refractivity contribution in [3.05, 3.63) is 48.6 Å². The summed E-state index contributed by atoms with van der Waals surface area (Å²) in [7, 11) is 0. The van der Waals surface area contributed by atoms with Crippen LogP contribution >= 0.6 is 0 Å². The van der Waals surface area contributed by atoms with Crippen molar-refractivity contribution in [1.82, 2.24) is 5.32 Å². The minimum atomic E-state index is -1.61. The van der Waals surface area contributed by atoms with Gasteiger partial charge in [0.2, 0.25) is 5.91 Å². The summed E-state index contributed by atoms with van der Waals surface area (Å²) < 4.78 is 17.8. The fourth-order valence-electron chi connectivity index (χ4n) is 12.5. The normalized spacial score (nSPS) is 18.2. The van der Waals surface area contributed by atoms with Crippen molar-refractivity contribution in [2.24, 2.45) is 0 Å². The van der Waals surface area contributed by atoms with Crippen molar-refractivity contribution in [2.45, 2.75) is 436 Å². The minimum Gasteiger partial charge on any atom is -0.454 e. The molecule has 1 amide bonds. The van der Waals surface area contributed by atoms with Gasteiger partial charge in [-0.1, -0.05) is 365 Å². The number of carbonyl (C=O) groups is 2. The number of unbranched alkanes of at least 4 members (excludes halogenated alkanes) is 49. The molecule has 534 valence electrons. The lowest BCUT2D eigenvalue weighted by atomic mass is 9.99. The van der Waals surface area contributed by atoms with E-state index in [0.29, 0.717) is 19.3 Å². The SMILES string of the molecule is CCCCC/C=C\C/C=C\C/C=C\CCCCCCCCCCCCCCCCC(=O)OC1C(OCC(NC(=O)C(O)CCCCCCCCCCCCCCCCCCCCCCCC)C(O)/C=C/CCCCCCCCCCCCC)OC(CO)C(O)C1O. The maximum absolute atomic E-state index is 13.5. The van der Waals surface area contributed by atoms with Crippen molar-refractivity contribution < 1.29 is 49.3 Å². The first kappa shape index (κ1) is 86.6. The number of allylic oxidation sites excluding steroid dienone is 7. The first-order chi connectivity index (χ1) is 44.7. The average molecular weight is 1290 g/mol. The highest BCUT2D eigenvalue weighted by Gasteiger charge is 2.47. The van der Waals surface area contributed by atoms with Gasteiger partial charge >= 0.3 is 5.97 Å². The average Bonchev–Trinajstić information content (AvgIpc) is 1.11. The van der Waals surface area contributed by atoms with Crippen molar-refractivity contribution in [1.29, 1.82) is 0 Å². The van der Waals surface area contributed by atoms with Gasteiger partial charge in [-0.3, -0.25) is 9.59 Å². The molecule has 6 N–H and O–H groups in total. The number of hydrogen-bond donors (Lipinski definition) is 6. The second kappa shape index (κ2) is 67.6. The van der Waals surface area contributed by atoms with Gasteiger partial charge in [0.05, 0.1) is 25.4 Å². The molecule has 0 aromatic heterocycles. The highest BCUT2D eigenvalue weighted by molar-refractivity contribution is 5.80. The number of nitrogens with one attached hydrogen (secondary N) is 1. The summed E-state index contributed by atoms with van der Waals surface area (Å²) in [6.45, 7) is 5.84. The molecule has 0 aliphatic carbocycles. The first-order valence-corrected chi connectivity index (χ1v) is 39.4. The minimum absolute atomic E-state index is 0.125. The molecule has 0 saturated carbocycles. The zero-order valence-electron chi connectivity index (χ0n) is 59.7. The number of ether oxygens (including phenoxy) is 3. The fraction of sp³-hybridized carbons (Fsp3) is 0.875. The Balaban J connectivity index is 2.51. The van der Waals surface area contributed by atoms with E-state index in [-0.39, 0.29) is 13.0 Å². The number of amides is 1. The molecule has 0 aromatic carbocycles. The Morgan fingerprint density at radius 1 is 0.429 bits per heavy atom. The molecule has 91 heavy (non-hydrogen) atoms. The number of aliphatic hydroxyl groups excluding tert-OH is 5. The van der Waals surface area contributed by atoms with Gasteiger partial charge in [0, 0.05) is 6.42 Å². The Labute approximate surface area is 561 Å². The van der Waals surface area contributed by atoms with E-state index in [1.807, 2.05) is 6.08 Å². The van der Waals surface area contributed by atoms with Crippen LogP contribution in [0.3, 0.4) is 0 Å². The van der Waals surface area contributed by atoms with Crippen LogP contribution in [0, 0.1) is 0 Å². The summed E-state index contributed by atoms with van der Waals surface area (Å²) in [5.41, 5.74) is 0. The number of carbonyl (C=O) groups excluding carboxylic acids is 2. The fourth-order valence-corrected chi connectivity index (χ4v) is 12.5. The molecule has 1 saturated heterocycles. The van der Waals surface area contributed by atoms with Crippen molar-refractivity contribution in [2.75, 3.05) is 13.2 Å². The Kier molecular flexibility index (Phi) is 64.3. The molecule has 1 heterocycles. The van der Waals surface area contributed by atoms with Crippen LogP contribution in [0.4, 0.5) is 0 Å². The molecule has 1 fully saturated rings. The smallest absolute Gasteiger partial charge is 0.306 e. The highest BCUT2D eigenvalue weighted by atomic mass is 16.7. The van der Waals surface area contributed by atoms with E-state index in [0.717, 1.165) is 70.6 Å². The molecule has 0 spiro atoms. The van der Waals surface area contributed by atoms with Crippen LogP contribution in [0.1, 0.15) is 387 Å². The van der Waals surface area contributed by atoms with E-state index in [1.165, 1.54) is 270 Å². The first-order valence-electron chi connectivity index (χ1n) is 39.4. The Morgan fingerprint density at radius 2 is 0.758 bits per heavy atom. The topological polar surface area (TPSA) is 175 Å². The van der Waals surface area contributed by atoms with E-state index in [9.17, 15) is 35.1 Å². The summed E-state index contributed by atoms with van der Waals surface area (Å²) in [6.07, 6.45) is 75.9. The standard InChI is InChI=1S/C80H149NO10/c1-4-7-10-13-16-19-22-25-27-29-31-33-35-36-37-38-39-41-43-45-47-50-53-56-59-62-65-68-75(85)91-78-77(87)76(86)74(69-82)90-80(78)89-70-71(72(83)66-63-60-57-54-51-48-24-21-18-15-12-9-6-3)81-79(88)73(84)67-64-61-58-55-52-49-46-44-42-40-34-32-30-28-26-23-20-17-14-11-8-5-2/h16,19,25,27,31,33,63,66,71-74,76-78,80,82-84,86-87H,4-15,17-18,20-24,26,28-30,32,34-62,64-65,67-70H2,1-3H3,(H,81,88)/b19-16-,27-25-,33-31-,66-63+. The highest BCUT2D eigenvalue weighted by Crippen LogP contribution is 2.27. The second-order valence-corrected chi connectivity index (χ2v) is 27.5. The lowest BCUT2D eigenvalue weighted by Crippen LogP contribution is -2.61. The molecule has 8 unspecified atom stereocenters. The monoisotopic (exact) mass is 1280 g/mol. The van der Waals surface area contributed by atoms with E-state index < -0.39 is 67.4 Å². The summed E-state index contributed by atoms with van der Waals surface area (Å²) in [5, 5.41) is 57.4. The van der Waals surface area contributed by atoms with E-state index in [2.05, 4.69) is 62.5 Å². The lowest BCUT2D eigenvalue weighted by Gasteiger charge is -2.41. The Morgan fingerprint density at radius 3 is 1.15 bits per heavy atom. The second-order valence-electron chi connectivity index (χ2n) is 27.5. The van der Waals surface area contributed by atoms with Gasteiger partial charge in [0.1, 0.15) is 24.4 Å². The van der Waals surface area contributed by atoms with Gasteiger partial charge in [-0.2, -0.15) is 0 Å². The summed E-state index contributed by atoms with van der Waals surface area (Å²) in [6, 6.07) is -1.02. The summed E-state index contributed by atoms with van der Waals surface area (Å²) in [5.74, 6) is -1.18. The molecule has 11 heteroatoms. The molecule has 0 radical (unpaired) electrons. The van der Waals surface area contributed by atoms with Crippen molar-refractivity contribution in [3.63, 3.8) is 0 Å². The van der Waals surface area contributed by atoms with Gasteiger partial charge in [0.15, 0.2) is 12.4 Å². The Hall–Kier alpha value is -2.38. The predicted octanol–water partition coefficient (Wildman–Crippen LogP) is 21.1. The quantitative estimate of drug-likeness (QED) is 0.0195. The molecule has 11 nitrogen and oxygen atoms in total. The molecule has 1 rings (SSSR count). The Bertz CT molecular complexity index is 1670. The van der Waals surface area contributed by atoms with Crippen LogP contribution < -0.4 is 5.32 Å². The predicted molar refractivity (Wildman–Crippen MR) is 384 cm³/mol. The molecule has 1 aliphatic rings. The zero-order chi connectivity index (χ0) is 66.0. The number of rotatable bonds is 69. The van der Waals surface area contributed by atoms with E-state index in [1.54, 1.807) is 6.08 Å². The van der Waals surface area contributed by atoms with Crippen LogP contribution in [0.5, 0.6) is 0 Å². The van der Waals surface area contributed by atoms with Gasteiger partial charge in [-0.15, -0.1) is 0 Å². The van der Waals surface area contributed by atoms with Gasteiger partial charge in [-0.25, -0.2) is 0 Å². The van der Waals surface area contributed by atoms with E-state index >= 15 is 0 Å².